The van der Waals surface area contributed by atoms with Crippen LogP contribution in [0, 0.1) is 0 Å². The highest BCUT2D eigenvalue weighted by Gasteiger charge is 2.04. The number of benzene rings is 1. The summed E-state index contributed by atoms with van der Waals surface area (Å²) in [5.74, 6) is 0.159. The molecule has 0 fully saturated rings. The normalized spacial score (nSPS) is 11.9. The molecule has 2 rings (SSSR count). The molecule has 0 saturated carbocycles. The zero-order chi connectivity index (χ0) is 15.1. The minimum Gasteiger partial charge on any atom is -0.484 e. The summed E-state index contributed by atoms with van der Waals surface area (Å²) in [6.45, 7) is 2.76. The molecule has 5 nitrogen and oxygen atoms in total. The maximum Gasteiger partial charge on any atom is 0.255 e. The van der Waals surface area contributed by atoms with Crippen molar-refractivity contribution in [3.05, 3.63) is 59.9 Å². The molecule has 1 amide bonds. The van der Waals surface area contributed by atoms with Crippen LogP contribution in [0.15, 0.2) is 48.8 Å². The maximum absolute atomic E-state index is 10.6. The van der Waals surface area contributed by atoms with Gasteiger partial charge < -0.3 is 15.8 Å². The predicted molar refractivity (Wildman–Crippen MR) is 80.6 cm³/mol. The first kappa shape index (κ1) is 15.0. The van der Waals surface area contributed by atoms with E-state index in [1.807, 2.05) is 36.4 Å². The fourth-order valence-electron chi connectivity index (χ4n) is 1.90. The number of amides is 1. The Kier molecular flexibility index (Phi) is 5.29. The molecule has 0 bridgehead atoms. The summed E-state index contributed by atoms with van der Waals surface area (Å²) in [5.41, 5.74) is 7.37. The van der Waals surface area contributed by atoms with Crippen molar-refractivity contribution in [2.75, 3.05) is 6.61 Å². The number of carbonyl (C=O) groups excluding carboxylic acids is 1. The summed E-state index contributed by atoms with van der Waals surface area (Å²) in [6.07, 6.45) is 3.58. The summed E-state index contributed by atoms with van der Waals surface area (Å²) in [7, 11) is 0. The lowest BCUT2D eigenvalue weighted by Crippen LogP contribution is -2.20. The van der Waals surface area contributed by atoms with E-state index in [4.69, 9.17) is 10.5 Å². The number of hydrogen-bond acceptors (Lipinski definition) is 4. The zero-order valence-corrected chi connectivity index (χ0v) is 12.0. The van der Waals surface area contributed by atoms with Crippen molar-refractivity contribution in [1.29, 1.82) is 0 Å². The lowest BCUT2D eigenvalue weighted by molar-refractivity contribution is -0.119. The SMILES string of the molecule is C[C@H](NCc1ccc(OCC(N)=O)cc1)c1ccncc1. The molecule has 0 radical (unpaired) electrons. The van der Waals surface area contributed by atoms with Gasteiger partial charge in [0.2, 0.25) is 0 Å². The lowest BCUT2D eigenvalue weighted by atomic mass is 10.1. The van der Waals surface area contributed by atoms with Gasteiger partial charge in [-0.25, -0.2) is 0 Å². The Morgan fingerprint density at radius 2 is 1.90 bits per heavy atom. The average molecular weight is 285 g/mol. The molecule has 2 aromatic rings. The van der Waals surface area contributed by atoms with Gasteiger partial charge in [0.1, 0.15) is 5.75 Å². The topological polar surface area (TPSA) is 77.2 Å². The number of ether oxygens (including phenoxy) is 1. The third kappa shape index (κ3) is 4.89. The molecule has 1 atom stereocenters. The molecular weight excluding hydrogens is 266 g/mol. The molecule has 1 aromatic carbocycles. The van der Waals surface area contributed by atoms with Crippen molar-refractivity contribution in [2.24, 2.45) is 5.73 Å². The molecule has 0 aliphatic heterocycles. The van der Waals surface area contributed by atoms with E-state index in [0.717, 1.165) is 12.1 Å². The van der Waals surface area contributed by atoms with Gasteiger partial charge in [-0.15, -0.1) is 0 Å². The number of aromatic nitrogens is 1. The summed E-state index contributed by atoms with van der Waals surface area (Å²) in [5, 5.41) is 3.44. The van der Waals surface area contributed by atoms with Gasteiger partial charge in [-0.05, 0) is 42.3 Å². The fraction of sp³-hybridized carbons (Fsp3) is 0.250. The van der Waals surface area contributed by atoms with Gasteiger partial charge in [0.25, 0.3) is 5.91 Å². The van der Waals surface area contributed by atoms with Crippen LogP contribution in [-0.2, 0) is 11.3 Å². The number of nitrogens with two attached hydrogens (primary N) is 1. The predicted octanol–water partition coefficient (Wildman–Crippen LogP) is 1.80. The molecule has 5 heteroatoms. The molecule has 0 spiro atoms. The van der Waals surface area contributed by atoms with Gasteiger partial charge in [-0.1, -0.05) is 12.1 Å². The molecular formula is C16H19N3O2. The van der Waals surface area contributed by atoms with E-state index in [0.29, 0.717) is 5.75 Å². The van der Waals surface area contributed by atoms with Crippen molar-refractivity contribution >= 4 is 5.91 Å². The number of hydrogen-bond donors (Lipinski definition) is 2. The van der Waals surface area contributed by atoms with Gasteiger partial charge >= 0.3 is 0 Å². The number of nitrogens with one attached hydrogen (secondary N) is 1. The number of rotatable bonds is 7. The van der Waals surface area contributed by atoms with Crippen molar-refractivity contribution in [3.63, 3.8) is 0 Å². The van der Waals surface area contributed by atoms with Gasteiger partial charge in [-0.3, -0.25) is 9.78 Å². The van der Waals surface area contributed by atoms with Crippen LogP contribution in [0.5, 0.6) is 5.75 Å². The summed E-state index contributed by atoms with van der Waals surface area (Å²) < 4.78 is 5.22. The molecule has 0 unspecified atom stereocenters. The van der Waals surface area contributed by atoms with Crippen LogP contribution < -0.4 is 15.8 Å². The van der Waals surface area contributed by atoms with E-state index >= 15 is 0 Å². The number of primary amides is 1. The van der Waals surface area contributed by atoms with Gasteiger partial charge in [-0.2, -0.15) is 0 Å². The second kappa shape index (κ2) is 7.40. The first-order chi connectivity index (χ1) is 10.1. The van der Waals surface area contributed by atoms with Crippen LogP contribution in [0.2, 0.25) is 0 Å². The molecule has 0 aliphatic rings. The second-order valence-corrected chi connectivity index (χ2v) is 4.78. The van der Waals surface area contributed by atoms with Crippen LogP contribution in [-0.4, -0.2) is 17.5 Å². The number of pyridine rings is 1. The molecule has 3 N–H and O–H groups in total. The van der Waals surface area contributed by atoms with Crippen LogP contribution in [0.4, 0.5) is 0 Å². The Bertz CT molecular complexity index is 570. The molecule has 1 heterocycles. The van der Waals surface area contributed by atoms with E-state index in [1.54, 1.807) is 12.4 Å². The quantitative estimate of drug-likeness (QED) is 0.813. The van der Waals surface area contributed by atoms with E-state index < -0.39 is 5.91 Å². The van der Waals surface area contributed by atoms with Crippen LogP contribution >= 0.6 is 0 Å². The van der Waals surface area contributed by atoms with Crippen molar-refractivity contribution < 1.29 is 9.53 Å². The van der Waals surface area contributed by atoms with Crippen molar-refractivity contribution in [3.8, 4) is 5.75 Å². The molecule has 1 aromatic heterocycles. The Morgan fingerprint density at radius 1 is 1.24 bits per heavy atom. The lowest BCUT2D eigenvalue weighted by Gasteiger charge is -2.14. The Balaban J connectivity index is 1.85. The van der Waals surface area contributed by atoms with E-state index in [-0.39, 0.29) is 12.6 Å². The average Bonchev–Trinajstić information content (AvgIpc) is 2.52. The third-order valence-corrected chi connectivity index (χ3v) is 3.12. The van der Waals surface area contributed by atoms with E-state index in [9.17, 15) is 4.79 Å². The Morgan fingerprint density at radius 3 is 2.52 bits per heavy atom. The monoisotopic (exact) mass is 285 g/mol. The van der Waals surface area contributed by atoms with E-state index in [2.05, 4.69) is 17.2 Å². The summed E-state index contributed by atoms with van der Waals surface area (Å²) in [4.78, 5) is 14.6. The minimum absolute atomic E-state index is 0.101. The highest BCUT2D eigenvalue weighted by atomic mass is 16.5. The smallest absolute Gasteiger partial charge is 0.255 e. The van der Waals surface area contributed by atoms with Crippen LogP contribution in [0.1, 0.15) is 24.1 Å². The second-order valence-electron chi connectivity index (χ2n) is 4.78. The molecule has 21 heavy (non-hydrogen) atoms. The van der Waals surface area contributed by atoms with E-state index in [1.165, 1.54) is 5.56 Å². The molecule has 0 aliphatic carbocycles. The van der Waals surface area contributed by atoms with Gasteiger partial charge in [0.15, 0.2) is 6.61 Å². The standard InChI is InChI=1S/C16H19N3O2/c1-12(14-6-8-18-9-7-14)19-10-13-2-4-15(5-3-13)21-11-16(17)20/h2-9,12,19H,10-11H2,1H3,(H2,17,20)/t12-/m0/s1. The number of nitrogens with zero attached hydrogens (tertiary/aromatic N) is 1. The minimum atomic E-state index is -0.480. The number of carbonyl (C=O) groups is 1. The van der Waals surface area contributed by atoms with Crippen LogP contribution in [0.3, 0.4) is 0 Å². The van der Waals surface area contributed by atoms with Gasteiger partial charge in [0, 0.05) is 25.0 Å². The highest BCUT2D eigenvalue weighted by Crippen LogP contribution is 2.14. The largest absolute Gasteiger partial charge is 0.484 e. The zero-order valence-electron chi connectivity index (χ0n) is 12.0. The molecule has 0 saturated heterocycles. The van der Waals surface area contributed by atoms with Crippen molar-refractivity contribution in [2.45, 2.75) is 19.5 Å². The Hall–Kier alpha value is -2.40. The first-order valence-electron chi connectivity index (χ1n) is 6.78. The Labute approximate surface area is 124 Å². The maximum atomic E-state index is 10.6. The third-order valence-electron chi connectivity index (χ3n) is 3.12. The highest BCUT2D eigenvalue weighted by molar-refractivity contribution is 5.75. The van der Waals surface area contributed by atoms with Crippen molar-refractivity contribution in [1.82, 2.24) is 10.3 Å². The summed E-state index contributed by atoms with van der Waals surface area (Å²) in [6, 6.07) is 11.8. The summed E-state index contributed by atoms with van der Waals surface area (Å²) >= 11 is 0. The first-order valence-corrected chi connectivity index (χ1v) is 6.78. The fourth-order valence-corrected chi connectivity index (χ4v) is 1.90. The molecule has 110 valence electrons. The van der Waals surface area contributed by atoms with Gasteiger partial charge in [0.05, 0.1) is 0 Å². The van der Waals surface area contributed by atoms with Crippen LogP contribution in [0.25, 0.3) is 0 Å².